The lowest BCUT2D eigenvalue weighted by Gasteiger charge is -2.33. The van der Waals surface area contributed by atoms with E-state index in [1.807, 2.05) is 36.4 Å². The molecule has 1 aromatic carbocycles. The van der Waals surface area contributed by atoms with Crippen LogP contribution in [0.25, 0.3) is 0 Å². The second-order valence-corrected chi connectivity index (χ2v) is 9.08. The van der Waals surface area contributed by atoms with Crippen LogP contribution in [-0.4, -0.2) is 64.9 Å². The molecule has 1 aromatic heterocycles. The molecule has 0 radical (unpaired) electrons. The van der Waals surface area contributed by atoms with E-state index in [4.69, 9.17) is 11.6 Å². The number of carbonyl (C=O) groups is 2. The molecule has 4 rings (SSSR count). The number of benzene rings is 1. The molecule has 170 valence electrons. The molecule has 2 aromatic rings. The van der Waals surface area contributed by atoms with Crippen molar-refractivity contribution in [2.75, 3.05) is 20.1 Å². The van der Waals surface area contributed by atoms with Crippen molar-refractivity contribution in [2.24, 2.45) is 0 Å². The van der Waals surface area contributed by atoms with Crippen molar-refractivity contribution >= 4 is 23.4 Å². The van der Waals surface area contributed by atoms with Crippen LogP contribution in [0.2, 0.25) is 5.02 Å². The van der Waals surface area contributed by atoms with Gasteiger partial charge in [0.2, 0.25) is 11.8 Å². The largest absolute Gasteiger partial charge is 0.353 e. The molecule has 0 bridgehead atoms. The predicted molar refractivity (Wildman–Crippen MR) is 124 cm³/mol. The first kappa shape index (κ1) is 22.7. The predicted octanol–water partition coefficient (Wildman–Crippen LogP) is 2.20. The van der Waals surface area contributed by atoms with E-state index < -0.39 is 0 Å². The number of carbonyl (C=O) groups excluding carboxylic acids is 2. The molecule has 2 N–H and O–H groups in total. The Labute approximate surface area is 194 Å². The van der Waals surface area contributed by atoms with Gasteiger partial charge in [-0.25, -0.2) is 0 Å². The standard InChI is InChI=1S/C24H30ClN5O2/c1-29-20(7-8-22(31)27-14-18-5-3-10-26-13-18)15-28-24(32)23-21(29)9-11-30(23)16-17-4-2-6-19(25)12-17/h2-6,10,12-13,20-21,23H,7-9,11,14-16H2,1H3,(H,27,31)(H,28,32)/t20-,21+,23-/m0/s1. The molecule has 8 heteroatoms. The van der Waals surface area contributed by atoms with Crippen molar-refractivity contribution in [1.29, 1.82) is 0 Å². The normalized spacial score (nSPS) is 23.9. The van der Waals surface area contributed by atoms with Gasteiger partial charge >= 0.3 is 0 Å². The monoisotopic (exact) mass is 455 g/mol. The Morgan fingerprint density at radius 2 is 2.12 bits per heavy atom. The summed E-state index contributed by atoms with van der Waals surface area (Å²) in [5.74, 6) is 0.0910. The van der Waals surface area contributed by atoms with Gasteiger partial charge in [0.1, 0.15) is 6.04 Å². The fraction of sp³-hybridized carbons (Fsp3) is 0.458. The van der Waals surface area contributed by atoms with E-state index in [0.29, 0.717) is 37.5 Å². The zero-order valence-corrected chi connectivity index (χ0v) is 19.1. The summed E-state index contributed by atoms with van der Waals surface area (Å²) >= 11 is 6.14. The Morgan fingerprint density at radius 3 is 2.91 bits per heavy atom. The number of nitrogens with one attached hydrogen (secondary N) is 2. The molecule has 2 fully saturated rings. The third-order valence-corrected chi connectivity index (χ3v) is 6.78. The van der Waals surface area contributed by atoms with Crippen LogP contribution in [0.5, 0.6) is 0 Å². The van der Waals surface area contributed by atoms with E-state index in [2.05, 4.69) is 32.5 Å². The first-order chi connectivity index (χ1) is 15.5. The quantitative estimate of drug-likeness (QED) is 0.669. The lowest BCUT2D eigenvalue weighted by atomic mass is 10.0. The zero-order valence-electron chi connectivity index (χ0n) is 18.3. The third-order valence-electron chi connectivity index (χ3n) is 6.54. The minimum atomic E-state index is -0.191. The first-order valence-corrected chi connectivity index (χ1v) is 11.5. The molecular formula is C24H30ClN5O2. The molecule has 2 amide bonds. The summed E-state index contributed by atoms with van der Waals surface area (Å²) in [7, 11) is 2.08. The average molecular weight is 456 g/mol. The van der Waals surface area contributed by atoms with E-state index in [9.17, 15) is 9.59 Å². The van der Waals surface area contributed by atoms with E-state index >= 15 is 0 Å². The van der Waals surface area contributed by atoms with Gasteiger partial charge in [-0.2, -0.15) is 0 Å². The van der Waals surface area contributed by atoms with Gasteiger partial charge in [0.25, 0.3) is 0 Å². The zero-order chi connectivity index (χ0) is 22.5. The van der Waals surface area contributed by atoms with Crippen LogP contribution in [-0.2, 0) is 22.7 Å². The van der Waals surface area contributed by atoms with Gasteiger partial charge < -0.3 is 10.6 Å². The molecule has 2 aliphatic rings. The van der Waals surface area contributed by atoms with Crippen LogP contribution in [0.4, 0.5) is 0 Å². The Hall–Kier alpha value is -2.48. The number of amides is 2. The Bertz CT molecular complexity index is 941. The molecule has 0 unspecified atom stereocenters. The van der Waals surface area contributed by atoms with Gasteiger partial charge in [-0.15, -0.1) is 0 Å². The first-order valence-electron chi connectivity index (χ1n) is 11.1. The molecule has 32 heavy (non-hydrogen) atoms. The number of hydrogen-bond donors (Lipinski definition) is 2. The van der Waals surface area contributed by atoms with E-state index in [0.717, 1.165) is 24.1 Å². The number of rotatable bonds is 7. The highest BCUT2D eigenvalue weighted by molar-refractivity contribution is 6.30. The number of fused-ring (bicyclic) bond motifs is 1. The maximum absolute atomic E-state index is 13.0. The summed E-state index contributed by atoms with van der Waals surface area (Å²) in [6, 6.07) is 11.7. The van der Waals surface area contributed by atoms with Crippen molar-refractivity contribution in [1.82, 2.24) is 25.4 Å². The van der Waals surface area contributed by atoms with Gasteiger partial charge in [-0.1, -0.05) is 29.8 Å². The van der Waals surface area contributed by atoms with Gasteiger partial charge in [0, 0.05) is 62.1 Å². The highest BCUT2D eigenvalue weighted by Gasteiger charge is 2.44. The molecule has 2 saturated heterocycles. The van der Waals surface area contributed by atoms with Crippen molar-refractivity contribution < 1.29 is 9.59 Å². The summed E-state index contributed by atoms with van der Waals surface area (Å²) in [6.45, 7) is 2.60. The van der Waals surface area contributed by atoms with Gasteiger partial charge in [-0.3, -0.25) is 24.4 Å². The number of aromatic nitrogens is 1. The number of likely N-dealkylation sites (tertiary alicyclic amines) is 1. The minimum Gasteiger partial charge on any atom is -0.353 e. The SMILES string of the molecule is CN1[C@@H](CCC(=O)NCc2cccnc2)CNC(=O)[C@@H]2[C@H]1CCN2Cc1cccc(Cl)c1. The van der Waals surface area contributed by atoms with Crippen molar-refractivity contribution in [3.8, 4) is 0 Å². The number of likely N-dealkylation sites (N-methyl/N-ethyl adjacent to an activating group) is 1. The molecular weight excluding hydrogens is 426 g/mol. The third kappa shape index (κ3) is 5.46. The van der Waals surface area contributed by atoms with Crippen molar-refractivity contribution in [3.05, 3.63) is 64.9 Å². The van der Waals surface area contributed by atoms with Crippen molar-refractivity contribution in [2.45, 2.75) is 50.5 Å². The maximum Gasteiger partial charge on any atom is 0.239 e. The number of hydrogen-bond acceptors (Lipinski definition) is 5. The molecule has 3 atom stereocenters. The molecule has 0 aliphatic carbocycles. The molecule has 0 saturated carbocycles. The van der Waals surface area contributed by atoms with Crippen LogP contribution in [0.15, 0.2) is 48.8 Å². The fourth-order valence-electron chi connectivity index (χ4n) is 4.79. The second kappa shape index (κ2) is 10.4. The van der Waals surface area contributed by atoms with Gasteiger partial charge in [0.15, 0.2) is 0 Å². The summed E-state index contributed by atoms with van der Waals surface area (Å²) in [4.78, 5) is 33.9. The molecule has 7 nitrogen and oxygen atoms in total. The van der Waals surface area contributed by atoms with E-state index in [-0.39, 0.29) is 29.9 Å². The highest BCUT2D eigenvalue weighted by atomic mass is 35.5. The Balaban J connectivity index is 1.33. The summed E-state index contributed by atoms with van der Waals surface area (Å²) < 4.78 is 0. The second-order valence-electron chi connectivity index (χ2n) is 8.64. The summed E-state index contributed by atoms with van der Waals surface area (Å²) in [5, 5.41) is 6.79. The topological polar surface area (TPSA) is 77.6 Å². The van der Waals surface area contributed by atoms with Crippen LogP contribution in [0.3, 0.4) is 0 Å². The Morgan fingerprint density at radius 1 is 1.28 bits per heavy atom. The summed E-state index contributed by atoms with van der Waals surface area (Å²) in [5.41, 5.74) is 2.09. The fourth-order valence-corrected chi connectivity index (χ4v) is 5.00. The van der Waals surface area contributed by atoms with Gasteiger partial charge in [0.05, 0.1) is 0 Å². The van der Waals surface area contributed by atoms with E-state index in [1.165, 1.54) is 0 Å². The lowest BCUT2D eigenvalue weighted by Crippen LogP contribution is -2.49. The van der Waals surface area contributed by atoms with Gasteiger partial charge in [-0.05, 0) is 49.2 Å². The van der Waals surface area contributed by atoms with Crippen LogP contribution in [0, 0.1) is 0 Å². The smallest absolute Gasteiger partial charge is 0.239 e. The molecule has 0 spiro atoms. The van der Waals surface area contributed by atoms with Crippen LogP contribution in [0.1, 0.15) is 30.4 Å². The van der Waals surface area contributed by atoms with E-state index in [1.54, 1.807) is 12.4 Å². The van der Waals surface area contributed by atoms with Crippen LogP contribution >= 0.6 is 11.6 Å². The average Bonchev–Trinajstić information content (AvgIpc) is 3.16. The summed E-state index contributed by atoms with van der Waals surface area (Å²) in [6.07, 6.45) is 5.53. The van der Waals surface area contributed by atoms with Crippen LogP contribution < -0.4 is 10.6 Å². The number of pyridine rings is 1. The van der Waals surface area contributed by atoms with Crippen molar-refractivity contribution in [3.63, 3.8) is 0 Å². The maximum atomic E-state index is 13.0. The molecule has 3 heterocycles. The minimum absolute atomic E-state index is 0.0170. The Kier molecular flexibility index (Phi) is 7.40. The number of halogens is 1. The molecule has 2 aliphatic heterocycles. The lowest BCUT2D eigenvalue weighted by molar-refractivity contribution is -0.126. The number of nitrogens with zero attached hydrogens (tertiary/aromatic N) is 3. The highest BCUT2D eigenvalue weighted by Crippen LogP contribution is 2.29.